The van der Waals surface area contributed by atoms with Crippen LogP contribution in [0.4, 0.5) is 0 Å². The number of ether oxygens (including phenoxy) is 3. The Bertz CT molecular complexity index is 1050. The Balaban J connectivity index is 1.65. The van der Waals surface area contributed by atoms with Crippen molar-refractivity contribution in [1.29, 1.82) is 0 Å². The zero-order valence-electron chi connectivity index (χ0n) is 17.6. The van der Waals surface area contributed by atoms with Crippen molar-refractivity contribution in [2.24, 2.45) is 0 Å². The molecule has 0 unspecified atom stereocenters. The van der Waals surface area contributed by atoms with Crippen molar-refractivity contribution in [2.75, 3.05) is 7.11 Å². The molecule has 0 aliphatic carbocycles. The number of aromatic nitrogens is 1. The molecule has 1 aromatic heterocycles. The average Bonchev–Trinajstić information content (AvgIpc) is 3.14. The van der Waals surface area contributed by atoms with Gasteiger partial charge in [-0.2, -0.15) is 0 Å². The van der Waals surface area contributed by atoms with E-state index in [1.54, 1.807) is 33.1 Å². The number of carbonyl (C=O) groups is 2. The minimum Gasteiger partial charge on any atom is -0.493 e. The molecule has 1 N–H and O–H groups in total. The van der Waals surface area contributed by atoms with Gasteiger partial charge in [-0.25, -0.2) is 4.79 Å². The number of benzene rings is 1. The number of esters is 1. The van der Waals surface area contributed by atoms with E-state index in [0.717, 1.165) is 16.8 Å². The van der Waals surface area contributed by atoms with Crippen molar-refractivity contribution in [3.63, 3.8) is 0 Å². The summed E-state index contributed by atoms with van der Waals surface area (Å²) in [5.41, 5.74) is 2.61. The smallest absolute Gasteiger partial charge is 0.337 e. The van der Waals surface area contributed by atoms with E-state index >= 15 is 0 Å². The predicted molar refractivity (Wildman–Crippen MR) is 106 cm³/mol. The maximum atomic E-state index is 12.5. The molecule has 1 aromatic carbocycles. The number of cyclic esters (lactones) is 1. The van der Waals surface area contributed by atoms with Crippen molar-refractivity contribution in [2.45, 2.75) is 52.2 Å². The molecule has 2 aromatic rings. The summed E-state index contributed by atoms with van der Waals surface area (Å²) in [5.74, 6) is 0.801. The molecule has 2 aliphatic rings. The maximum absolute atomic E-state index is 12.5. The van der Waals surface area contributed by atoms with Gasteiger partial charge in [0.2, 0.25) is 5.91 Å². The van der Waals surface area contributed by atoms with E-state index in [4.69, 9.17) is 18.7 Å². The lowest BCUT2D eigenvalue weighted by atomic mass is 9.82. The van der Waals surface area contributed by atoms with Gasteiger partial charge in [-0.05, 0) is 45.4 Å². The summed E-state index contributed by atoms with van der Waals surface area (Å²) in [4.78, 5) is 24.9. The maximum Gasteiger partial charge on any atom is 0.337 e. The average molecular weight is 412 g/mol. The predicted octanol–water partition coefficient (Wildman–Crippen LogP) is 3.07. The molecule has 8 nitrogen and oxygen atoms in total. The third kappa shape index (κ3) is 3.32. The van der Waals surface area contributed by atoms with E-state index in [1.165, 1.54) is 0 Å². The number of carbonyl (C=O) groups excluding carboxylic acids is 2. The fourth-order valence-corrected chi connectivity index (χ4v) is 3.94. The van der Waals surface area contributed by atoms with Crippen LogP contribution < -0.4 is 14.8 Å². The van der Waals surface area contributed by atoms with Crippen LogP contribution in [0.2, 0.25) is 0 Å². The van der Waals surface area contributed by atoms with Gasteiger partial charge in [0.15, 0.2) is 11.5 Å². The quantitative estimate of drug-likeness (QED) is 0.754. The monoisotopic (exact) mass is 412 g/mol. The van der Waals surface area contributed by atoms with Crippen molar-refractivity contribution in [3.05, 3.63) is 52.1 Å². The number of nitrogens with one attached hydrogen (secondary N) is 1. The first-order valence-corrected chi connectivity index (χ1v) is 9.71. The number of hydrogen-bond acceptors (Lipinski definition) is 7. The Kier molecular flexibility index (Phi) is 4.80. The molecule has 158 valence electrons. The highest BCUT2D eigenvalue weighted by Gasteiger charge is 2.47. The van der Waals surface area contributed by atoms with Crippen LogP contribution in [-0.4, -0.2) is 29.7 Å². The summed E-state index contributed by atoms with van der Waals surface area (Å²) < 4.78 is 22.1. The van der Waals surface area contributed by atoms with Gasteiger partial charge in [0.25, 0.3) is 0 Å². The molecule has 4 rings (SSSR count). The Labute approximate surface area is 174 Å². The molecule has 1 amide bonds. The number of rotatable bonds is 5. The molecular weight excluding hydrogens is 388 g/mol. The Morgan fingerprint density at radius 2 is 2.00 bits per heavy atom. The zero-order valence-corrected chi connectivity index (χ0v) is 17.6. The minimum absolute atomic E-state index is 0.150. The van der Waals surface area contributed by atoms with Gasteiger partial charge in [-0.15, -0.1) is 0 Å². The van der Waals surface area contributed by atoms with Gasteiger partial charge in [0.05, 0.1) is 29.6 Å². The second kappa shape index (κ2) is 7.19. The van der Waals surface area contributed by atoms with Crippen molar-refractivity contribution in [1.82, 2.24) is 10.5 Å². The summed E-state index contributed by atoms with van der Waals surface area (Å²) in [6.07, 6.45) is 0.159. The van der Waals surface area contributed by atoms with Crippen LogP contribution in [0.25, 0.3) is 0 Å². The standard InChI is InChI=1S/C22H24N2O6/c1-11-15(12(2)30-24-11)10-28-16-7-6-13(8-17(16)27-5)14-9-18(25)23-20-19(14)21(26)29-22(20,3)4/h6-8,14H,9-10H2,1-5H3,(H,23,25)/t14-/m1/s1. The molecule has 0 spiro atoms. The lowest BCUT2D eigenvalue weighted by Crippen LogP contribution is -2.38. The summed E-state index contributed by atoms with van der Waals surface area (Å²) in [6.45, 7) is 7.51. The summed E-state index contributed by atoms with van der Waals surface area (Å²) in [6, 6.07) is 5.43. The van der Waals surface area contributed by atoms with Crippen LogP contribution in [0.1, 0.15) is 48.8 Å². The topological polar surface area (TPSA) is 99.9 Å². The van der Waals surface area contributed by atoms with Crippen molar-refractivity contribution >= 4 is 11.9 Å². The molecule has 2 aliphatic heterocycles. The van der Waals surface area contributed by atoms with Crippen LogP contribution >= 0.6 is 0 Å². The Hall–Kier alpha value is -3.29. The summed E-state index contributed by atoms with van der Waals surface area (Å²) >= 11 is 0. The Morgan fingerprint density at radius 1 is 1.23 bits per heavy atom. The van der Waals surface area contributed by atoms with E-state index in [0.29, 0.717) is 35.1 Å². The SMILES string of the molecule is COc1cc([C@H]2CC(=O)NC3=C2C(=O)OC3(C)C)ccc1OCc1c(C)noc1C. The molecule has 0 radical (unpaired) electrons. The van der Waals surface area contributed by atoms with E-state index < -0.39 is 17.5 Å². The lowest BCUT2D eigenvalue weighted by molar-refractivity contribution is -0.144. The fraction of sp³-hybridized carbons (Fsp3) is 0.409. The van der Waals surface area contributed by atoms with Crippen LogP contribution in [0.3, 0.4) is 0 Å². The molecule has 0 fully saturated rings. The highest BCUT2D eigenvalue weighted by atomic mass is 16.6. The van der Waals surface area contributed by atoms with E-state index in [-0.39, 0.29) is 12.3 Å². The second-order valence-corrected chi connectivity index (χ2v) is 8.00. The normalized spacial score (nSPS) is 20.0. The first-order valence-electron chi connectivity index (χ1n) is 9.71. The molecule has 1 atom stereocenters. The molecule has 3 heterocycles. The third-order valence-corrected chi connectivity index (χ3v) is 5.58. The first kappa shape index (κ1) is 20.0. The minimum atomic E-state index is -0.859. The van der Waals surface area contributed by atoms with Crippen LogP contribution in [-0.2, 0) is 20.9 Å². The Morgan fingerprint density at radius 3 is 2.67 bits per heavy atom. The first-order chi connectivity index (χ1) is 14.2. The van der Waals surface area contributed by atoms with Crippen molar-refractivity contribution < 1.29 is 28.3 Å². The highest BCUT2D eigenvalue weighted by molar-refractivity contribution is 5.99. The highest BCUT2D eigenvalue weighted by Crippen LogP contribution is 2.44. The second-order valence-electron chi connectivity index (χ2n) is 8.00. The number of nitrogens with zero attached hydrogens (tertiary/aromatic N) is 1. The third-order valence-electron chi connectivity index (χ3n) is 5.58. The van der Waals surface area contributed by atoms with Gasteiger partial charge >= 0.3 is 5.97 Å². The van der Waals surface area contributed by atoms with Crippen LogP contribution in [0.15, 0.2) is 34.0 Å². The lowest BCUT2D eigenvalue weighted by Gasteiger charge is -2.27. The molecule has 0 saturated heterocycles. The molecule has 0 saturated carbocycles. The van der Waals surface area contributed by atoms with Gasteiger partial charge in [-0.1, -0.05) is 11.2 Å². The number of amides is 1. The summed E-state index contributed by atoms with van der Waals surface area (Å²) in [5, 5.41) is 6.74. The van der Waals surface area contributed by atoms with E-state index in [1.807, 2.05) is 19.9 Å². The molecular formula is C22H24N2O6. The van der Waals surface area contributed by atoms with E-state index in [2.05, 4.69) is 10.5 Å². The largest absolute Gasteiger partial charge is 0.493 e. The fourth-order valence-electron chi connectivity index (χ4n) is 3.94. The van der Waals surface area contributed by atoms with Gasteiger partial charge in [0.1, 0.15) is 18.0 Å². The van der Waals surface area contributed by atoms with Crippen LogP contribution in [0.5, 0.6) is 11.5 Å². The van der Waals surface area contributed by atoms with E-state index in [9.17, 15) is 9.59 Å². The zero-order chi connectivity index (χ0) is 21.6. The molecule has 30 heavy (non-hydrogen) atoms. The number of methoxy groups -OCH3 is 1. The molecule has 8 heteroatoms. The summed E-state index contributed by atoms with van der Waals surface area (Å²) in [7, 11) is 1.55. The van der Waals surface area contributed by atoms with Gasteiger partial charge < -0.3 is 24.1 Å². The number of hydrogen-bond donors (Lipinski definition) is 1. The van der Waals surface area contributed by atoms with Gasteiger partial charge in [-0.3, -0.25) is 4.79 Å². The molecule has 0 bridgehead atoms. The van der Waals surface area contributed by atoms with Crippen LogP contribution in [0, 0.1) is 13.8 Å². The number of aryl methyl sites for hydroxylation is 2. The van der Waals surface area contributed by atoms with Crippen molar-refractivity contribution in [3.8, 4) is 11.5 Å². The van der Waals surface area contributed by atoms with Gasteiger partial charge in [0, 0.05) is 12.3 Å².